The van der Waals surface area contributed by atoms with Crippen molar-refractivity contribution in [1.82, 2.24) is 19.7 Å². The molecule has 1 aliphatic rings. The molecule has 2 aromatic carbocycles. The summed E-state index contributed by atoms with van der Waals surface area (Å²) in [6.07, 6.45) is 1.94. The van der Waals surface area contributed by atoms with Gasteiger partial charge in [0.2, 0.25) is 0 Å². The zero-order chi connectivity index (χ0) is 21.4. The van der Waals surface area contributed by atoms with E-state index in [-0.39, 0.29) is 12.1 Å². The van der Waals surface area contributed by atoms with Gasteiger partial charge in [0.1, 0.15) is 5.01 Å². The number of hydrogen-bond acceptors (Lipinski definition) is 4. The number of benzene rings is 2. The SMILES string of the molecule is Cc1cc(C)n(Cc2cccc(NC(=O)N3CCCC3c3nc4ccccc4s3)c2)n1. The minimum Gasteiger partial charge on any atom is -0.315 e. The molecule has 0 bridgehead atoms. The Balaban J connectivity index is 1.31. The first-order chi connectivity index (χ1) is 15.1. The van der Waals surface area contributed by atoms with Gasteiger partial charge in [0, 0.05) is 17.9 Å². The average Bonchev–Trinajstić information content (AvgIpc) is 3.46. The third-order valence-corrected chi connectivity index (χ3v) is 6.86. The second kappa shape index (κ2) is 8.15. The fourth-order valence-corrected chi connectivity index (χ4v) is 5.37. The van der Waals surface area contributed by atoms with Crippen LogP contribution in [0.25, 0.3) is 10.2 Å². The number of hydrogen-bond donors (Lipinski definition) is 1. The Hall–Kier alpha value is -3.19. The second-order valence-corrected chi connectivity index (χ2v) is 9.15. The monoisotopic (exact) mass is 431 g/mol. The van der Waals surface area contributed by atoms with E-state index < -0.39 is 0 Å². The number of thiazole rings is 1. The van der Waals surface area contributed by atoms with Crippen LogP contribution in [0.4, 0.5) is 10.5 Å². The fraction of sp³-hybridized carbons (Fsp3) is 0.292. The Morgan fingerprint density at radius 1 is 1.16 bits per heavy atom. The highest BCUT2D eigenvalue weighted by molar-refractivity contribution is 7.18. The molecule has 6 nitrogen and oxygen atoms in total. The minimum atomic E-state index is -0.0648. The smallest absolute Gasteiger partial charge is 0.315 e. The van der Waals surface area contributed by atoms with Gasteiger partial charge in [0.15, 0.2) is 0 Å². The van der Waals surface area contributed by atoms with Gasteiger partial charge < -0.3 is 10.2 Å². The lowest BCUT2D eigenvalue weighted by atomic mass is 10.2. The number of para-hydroxylation sites is 1. The molecule has 0 aliphatic carbocycles. The Morgan fingerprint density at radius 3 is 2.84 bits per heavy atom. The summed E-state index contributed by atoms with van der Waals surface area (Å²) in [5.74, 6) is 0. The Kier molecular flexibility index (Phi) is 5.19. The molecule has 4 aromatic rings. The summed E-state index contributed by atoms with van der Waals surface area (Å²) in [7, 11) is 0. The first kappa shape index (κ1) is 19.8. The topological polar surface area (TPSA) is 63.1 Å². The predicted molar refractivity (Wildman–Crippen MR) is 125 cm³/mol. The molecular weight excluding hydrogens is 406 g/mol. The Labute approximate surface area is 185 Å². The molecule has 0 spiro atoms. The molecule has 2 amide bonds. The van der Waals surface area contributed by atoms with Crippen molar-refractivity contribution in [2.45, 2.75) is 39.3 Å². The van der Waals surface area contributed by atoms with E-state index in [2.05, 4.69) is 35.5 Å². The third-order valence-electron chi connectivity index (χ3n) is 5.72. The van der Waals surface area contributed by atoms with E-state index in [0.717, 1.165) is 52.5 Å². The van der Waals surface area contributed by atoms with E-state index in [9.17, 15) is 4.79 Å². The lowest BCUT2D eigenvalue weighted by Crippen LogP contribution is -2.34. The maximum Gasteiger partial charge on any atom is 0.322 e. The van der Waals surface area contributed by atoms with Crippen molar-refractivity contribution in [3.63, 3.8) is 0 Å². The van der Waals surface area contributed by atoms with Crippen molar-refractivity contribution in [2.75, 3.05) is 11.9 Å². The highest BCUT2D eigenvalue weighted by atomic mass is 32.1. The summed E-state index contributed by atoms with van der Waals surface area (Å²) in [5.41, 5.74) is 5.05. The minimum absolute atomic E-state index is 0.0373. The van der Waals surface area contributed by atoms with Crippen LogP contribution in [0.2, 0.25) is 0 Å². The van der Waals surface area contributed by atoms with Crippen molar-refractivity contribution >= 4 is 33.3 Å². The van der Waals surface area contributed by atoms with Crippen LogP contribution in [-0.4, -0.2) is 32.2 Å². The fourth-order valence-electron chi connectivity index (χ4n) is 4.25. The molecule has 0 radical (unpaired) electrons. The van der Waals surface area contributed by atoms with Crippen molar-refractivity contribution < 1.29 is 4.79 Å². The molecule has 31 heavy (non-hydrogen) atoms. The molecular formula is C24H25N5OS. The molecule has 1 unspecified atom stereocenters. The number of rotatable bonds is 4. The number of anilines is 1. The van der Waals surface area contributed by atoms with E-state index >= 15 is 0 Å². The number of carbonyl (C=O) groups is 1. The second-order valence-electron chi connectivity index (χ2n) is 8.09. The molecule has 0 saturated carbocycles. The van der Waals surface area contributed by atoms with E-state index in [1.807, 2.05) is 52.9 Å². The molecule has 2 aromatic heterocycles. The van der Waals surface area contributed by atoms with Crippen LogP contribution in [0.5, 0.6) is 0 Å². The van der Waals surface area contributed by atoms with E-state index in [1.54, 1.807) is 11.3 Å². The maximum atomic E-state index is 13.1. The number of amides is 2. The molecule has 3 heterocycles. The summed E-state index contributed by atoms with van der Waals surface area (Å²) < 4.78 is 3.15. The number of likely N-dealkylation sites (tertiary alicyclic amines) is 1. The molecule has 5 rings (SSSR count). The highest BCUT2D eigenvalue weighted by Crippen LogP contribution is 2.36. The lowest BCUT2D eigenvalue weighted by molar-refractivity contribution is 0.207. The van der Waals surface area contributed by atoms with Crippen LogP contribution in [0, 0.1) is 13.8 Å². The summed E-state index contributed by atoms with van der Waals surface area (Å²) in [4.78, 5) is 19.8. The van der Waals surface area contributed by atoms with Gasteiger partial charge in [0.05, 0.1) is 28.5 Å². The number of urea groups is 1. The molecule has 1 saturated heterocycles. The lowest BCUT2D eigenvalue weighted by Gasteiger charge is -2.23. The van der Waals surface area contributed by atoms with Crippen LogP contribution >= 0.6 is 11.3 Å². The van der Waals surface area contributed by atoms with Gasteiger partial charge in [-0.15, -0.1) is 11.3 Å². The number of aryl methyl sites for hydroxylation is 2. The van der Waals surface area contributed by atoms with Gasteiger partial charge in [-0.05, 0) is 62.6 Å². The highest BCUT2D eigenvalue weighted by Gasteiger charge is 2.32. The first-order valence-electron chi connectivity index (χ1n) is 10.6. The number of fused-ring (bicyclic) bond motifs is 1. The largest absolute Gasteiger partial charge is 0.322 e. The number of nitrogens with one attached hydrogen (secondary N) is 1. The third kappa shape index (κ3) is 4.05. The summed E-state index contributed by atoms with van der Waals surface area (Å²) >= 11 is 1.69. The van der Waals surface area contributed by atoms with Crippen LogP contribution in [0.1, 0.15) is 40.8 Å². The quantitative estimate of drug-likeness (QED) is 0.462. The summed E-state index contributed by atoms with van der Waals surface area (Å²) in [6.45, 7) is 5.48. The van der Waals surface area contributed by atoms with Gasteiger partial charge >= 0.3 is 6.03 Å². The zero-order valence-corrected chi connectivity index (χ0v) is 18.5. The van der Waals surface area contributed by atoms with Crippen molar-refractivity contribution in [2.24, 2.45) is 0 Å². The number of nitrogens with zero attached hydrogens (tertiary/aromatic N) is 4. The van der Waals surface area contributed by atoms with E-state index in [0.29, 0.717) is 6.54 Å². The average molecular weight is 432 g/mol. The van der Waals surface area contributed by atoms with Crippen LogP contribution in [-0.2, 0) is 6.54 Å². The van der Waals surface area contributed by atoms with Crippen LogP contribution in [0.3, 0.4) is 0 Å². The van der Waals surface area contributed by atoms with Crippen LogP contribution < -0.4 is 5.32 Å². The van der Waals surface area contributed by atoms with Crippen molar-refractivity contribution in [1.29, 1.82) is 0 Å². The molecule has 1 aliphatic heterocycles. The number of carbonyl (C=O) groups excluding carboxylic acids is 1. The normalized spacial score (nSPS) is 16.2. The zero-order valence-electron chi connectivity index (χ0n) is 17.7. The molecule has 1 N–H and O–H groups in total. The summed E-state index contributed by atoms with van der Waals surface area (Å²) in [5, 5.41) is 8.65. The van der Waals surface area contributed by atoms with Gasteiger partial charge in [-0.25, -0.2) is 9.78 Å². The maximum absolute atomic E-state index is 13.1. The Morgan fingerprint density at radius 2 is 2.03 bits per heavy atom. The molecule has 1 atom stereocenters. The summed E-state index contributed by atoms with van der Waals surface area (Å²) in [6, 6.07) is 18.2. The van der Waals surface area contributed by atoms with Crippen molar-refractivity contribution in [3.05, 3.63) is 76.6 Å². The van der Waals surface area contributed by atoms with Crippen LogP contribution in [0.15, 0.2) is 54.6 Å². The van der Waals surface area contributed by atoms with Gasteiger partial charge in [-0.3, -0.25) is 4.68 Å². The van der Waals surface area contributed by atoms with Gasteiger partial charge in [-0.1, -0.05) is 24.3 Å². The molecule has 7 heteroatoms. The van der Waals surface area contributed by atoms with E-state index in [1.165, 1.54) is 4.70 Å². The molecule has 158 valence electrons. The number of aromatic nitrogens is 3. The van der Waals surface area contributed by atoms with Gasteiger partial charge in [-0.2, -0.15) is 5.10 Å². The van der Waals surface area contributed by atoms with E-state index in [4.69, 9.17) is 4.98 Å². The first-order valence-corrected chi connectivity index (χ1v) is 11.4. The van der Waals surface area contributed by atoms with Crippen molar-refractivity contribution in [3.8, 4) is 0 Å². The predicted octanol–water partition coefficient (Wildman–Crippen LogP) is 5.53. The van der Waals surface area contributed by atoms with Gasteiger partial charge in [0.25, 0.3) is 0 Å². The molecule has 1 fully saturated rings. The standard InChI is InChI=1S/C24H25N5OS/c1-16-13-17(2)29(27-16)15-18-7-5-8-19(14-18)25-24(30)28-12-6-10-21(28)23-26-20-9-3-4-11-22(20)31-23/h3-5,7-9,11,13-14,21H,6,10,12,15H2,1-2H3,(H,25,30). The Bertz CT molecular complexity index is 1210.